The molecule has 1 unspecified atom stereocenters. The third kappa shape index (κ3) is 5.08. The van der Waals surface area contributed by atoms with Crippen LogP contribution in [0.5, 0.6) is 0 Å². The van der Waals surface area contributed by atoms with E-state index in [4.69, 9.17) is 4.42 Å². The summed E-state index contributed by atoms with van der Waals surface area (Å²) in [7, 11) is -3.00. The van der Waals surface area contributed by atoms with Gasteiger partial charge in [0.05, 0.1) is 11.3 Å². The van der Waals surface area contributed by atoms with E-state index in [9.17, 15) is 17.6 Å². The van der Waals surface area contributed by atoms with Crippen molar-refractivity contribution in [3.8, 4) is 11.1 Å². The molecule has 3 aromatic rings. The molecule has 1 atom stereocenters. The molecular formula is C20H23FN2O4S. The molecule has 0 aliphatic carbocycles. The van der Waals surface area contributed by atoms with E-state index in [0.717, 1.165) is 11.1 Å². The minimum absolute atomic E-state index is 0.0406. The fraction of sp³-hybridized carbons (Fsp3) is 0.350. The lowest BCUT2D eigenvalue weighted by Crippen LogP contribution is -2.32. The molecule has 0 aliphatic heterocycles. The van der Waals surface area contributed by atoms with Crippen molar-refractivity contribution in [2.45, 2.75) is 25.9 Å². The number of nitrogens with zero attached hydrogens (tertiary/aromatic N) is 1. The molecule has 0 amide bonds. The Hall–Kier alpha value is -2.45. The molecule has 0 saturated heterocycles. The SMILES string of the molecule is CC(CCn1c(=O)oc2ccc(-c3ccc(F)cc3)cc21)NCCS(C)(=O)=O. The van der Waals surface area contributed by atoms with Gasteiger partial charge in [-0.2, -0.15) is 0 Å². The van der Waals surface area contributed by atoms with Crippen molar-refractivity contribution in [2.24, 2.45) is 0 Å². The summed E-state index contributed by atoms with van der Waals surface area (Å²) < 4.78 is 42.4. The molecule has 1 heterocycles. The van der Waals surface area contributed by atoms with E-state index in [1.165, 1.54) is 18.4 Å². The van der Waals surface area contributed by atoms with Crippen LogP contribution in [0.4, 0.5) is 4.39 Å². The maximum Gasteiger partial charge on any atom is 0.419 e. The normalized spacial score (nSPS) is 13.1. The van der Waals surface area contributed by atoms with Gasteiger partial charge in [0.2, 0.25) is 0 Å². The van der Waals surface area contributed by atoms with E-state index in [1.54, 1.807) is 22.8 Å². The molecule has 2 aromatic carbocycles. The average molecular weight is 406 g/mol. The summed E-state index contributed by atoms with van der Waals surface area (Å²) in [6.45, 7) is 2.75. The van der Waals surface area contributed by atoms with Gasteiger partial charge in [-0.25, -0.2) is 17.6 Å². The Morgan fingerprint density at radius 1 is 1.14 bits per heavy atom. The summed E-state index contributed by atoms with van der Waals surface area (Å²) in [6, 6.07) is 11.6. The predicted octanol–water partition coefficient (Wildman–Crippen LogP) is 2.81. The van der Waals surface area contributed by atoms with Gasteiger partial charge in [0.1, 0.15) is 15.7 Å². The zero-order valence-electron chi connectivity index (χ0n) is 15.8. The van der Waals surface area contributed by atoms with Crippen LogP contribution in [-0.2, 0) is 16.4 Å². The molecule has 0 aliphatic rings. The van der Waals surface area contributed by atoms with Crippen molar-refractivity contribution >= 4 is 20.9 Å². The Kier molecular flexibility index (Phi) is 6.00. The van der Waals surface area contributed by atoms with Gasteiger partial charge >= 0.3 is 5.76 Å². The smallest absolute Gasteiger partial charge is 0.408 e. The number of aryl methyl sites for hydroxylation is 1. The lowest BCUT2D eigenvalue weighted by molar-refractivity contribution is 0.454. The summed E-state index contributed by atoms with van der Waals surface area (Å²) >= 11 is 0. The number of aromatic nitrogens is 1. The topological polar surface area (TPSA) is 81.3 Å². The second-order valence-corrected chi connectivity index (χ2v) is 9.24. The largest absolute Gasteiger partial charge is 0.419 e. The van der Waals surface area contributed by atoms with Crippen LogP contribution in [0, 0.1) is 5.82 Å². The summed E-state index contributed by atoms with van der Waals surface area (Å²) in [4.78, 5) is 12.2. The van der Waals surface area contributed by atoms with E-state index >= 15 is 0 Å². The standard InChI is InChI=1S/C20H23FN2O4S/c1-14(22-10-12-28(2,25)26)9-11-23-18-13-16(5-8-19(18)27-20(23)24)15-3-6-17(21)7-4-15/h3-8,13-14,22H,9-12H2,1-2H3. The highest BCUT2D eigenvalue weighted by Gasteiger charge is 2.12. The maximum absolute atomic E-state index is 13.2. The fourth-order valence-electron chi connectivity index (χ4n) is 3.01. The molecule has 0 spiro atoms. The Morgan fingerprint density at radius 2 is 1.82 bits per heavy atom. The van der Waals surface area contributed by atoms with Crippen molar-refractivity contribution in [1.29, 1.82) is 0 Å². The highest BCUT2D eigenvalue weighted by molar-refractivity contribution is 7.90. The van der Waals surface area contributed by atoms with Crippen molar-refractivity contribution in [3.63, 3.8) is 0 Å². The number of oxazole rings is 1. The Morgan fingerprint density at radius 3 is 2.50 bits per heavy atom. The van der Waals surface area contributed by atoms with Crippen LogP contribution < -0.4 is 11.1 Å². The molecule has 8 heteroatoms. The zero-order valence-corrected chi connectivity index (χ0v) is 16.6. The van der Waals surface area contributed by atoms with E-state index in [1.807, 2.05) is 19.1 Å². The predicted molar refractivity (Wildman–Crippen MR) is 108 cm³/mol. The quantitative estimate of drug-likeness (QED) is 0.622. The Balaban J connectivity index is 1.75. The number of hydrogen-bond donors (Lipinski definition) is 1. The molecule has 0 radical (unpaired) electrons. The summed E-state index contributed by atoms with van der Waals surface area (Å²) in [5, 5.41) is 3.15. The molecule has 28 heavy (non-hydrogen) atoms. The van der Waals surface area contributed by atoms with Crippen molar-refractivity contribution < 1.29 is 17.2 Å². The van der Waals surface area contributed by atoms with Crippen molar-refractivity contribution in [3.05, 3.63) is 58.8 Å². The van der Waals surface area contributed by atoms with E-state index in [-0.39, 0.29) is 17.6 Å². The number of fused-ring (bicyclic) bond motifs is 1. The highest BCUT2D eigenvalue weighted by Crippen LogP contribution is 2.24. The lowest BCUT2D eigenvalue weighted by Gasteiger charge is -2.13. The number of sulfone groups is 1. The van der Waals surface area contributed by atoms with Gasteiger partial charge in [-0.1, -0.05) is 18.2 Å². The second kappa shape index (κ2) is 8.28. The first-order valence-electron chi connectivity index (χ1n) is 9.03. The van der Waals surface area contributed by atoms with Crippen molar-refractivity contribution in [2.75, 3.05) is 18.6 Å². The monoisotopic (exact) mass is 406 g/mol. The molecular weight excluding hydrogens is 383 g/mol. The molecule has 0 saturated carbocycles. The van der Waals surface area contributed by atoms with Crippen LogP contribution in [0.25, 0.3) is 22.2 Å². The van der Waals surface area contributed by atoms with Gasteiger partial charge in [0.15, 0.2) is 5.58 Å². The van der Waals surface area contributed by atoms with Gasteiger partial charge in [-0.3, -0.25) is 4.57 Å². The van der Waals surface area contributed by atoms with Gasteiger partial charge in [0, 0.05) is 25.4 Å². The van der Waals surface area contributed by atoms with E-state index < -0.39 is 15.6 Å². The Bertz CT molecular complexity index is 1120. The van der Waals surface area contributed by atoms with Crippen LogP contribution in [0.2, 0.25) is 0 Å². The summed E-state index contributed by atoms with van der Waals surface area (Å²) in [6.07, 6.45) is 1.84. The Labute approximate surface area is 162 Å². The third-order valence-corrected chi connectivity index (χ3v) is 5.54. The number of benzene rings is 2. The second-order valence-electron chi connectivity index (χ2n) is 6.98. The minimum atomic E-state index is -3.00. The van der Waals surface area contributed by atoms with Crippen LogP contribution in [0.15, 0.2) is 51.7 Å². The van der Waals surface area contributed by atoms with Crippen LogP contribution in [0.3, 0.4) is 0 Å². The first kappa shape index (κ1) is 20.3. The number of nitrogens with one attached hydrogen (secondary N) is 1. The third-order valence-electron chi connectivity index (χ3n) is 4.60. The van der Waals surface area contributed by atoms with Gasteiger partial charge in [-0.05, 0) is 48.7 Å². The first-order valence-corrected chi connectivity index (χ1v) is 11.1. The summed E-state index contributed by atoms with van der Waals surface area (Å²) in [5.74, 6) is -0.663. The number of halogens is 1. The molecule has 150 valence electrons. The van der Waals surface area contributed by atoms with Crippen LogP contribution in [0.1, 0.15) is 13.3 Å². The summed E-state index contributed by atoms with van der Waals surface area (Å²) in [5.41, 5.74) is 2.88. The van der Waals surface area contributed by atoms with Gasteiger partial charge in [0.25, 0.3) is 0 Å². The molecule has 6 nitrogen and oxygen atoms in total. The molecule has 1 aromatic heterocycles. The molecule has 3 rings (SSSR count). The molecule has 0 bridgehead atoms. The number of hydrogen-bond acceptors (Lipinski definition) is 5. The lowest BCUT2D eigenvalue weighted by atomic mass is 10.1. The van der Waals surface area contributed by atoms with Crippen LogP contribution >= 0.6 is 0 Å². The highest BCUT2D eigenvalue weighted by atomic mass is 32.2. The molecule has 1 N–H and O–H groups in total. The maximum atomic E-state index is 13.2. The first-order chi connectivity index (χ1) is 13.2. The van der Waals surface area contributed by atoms with Gasteiger partial charge in [-0.15, -0.1) is 0 Å². The van der Waals surface area contributed by atoms with E-state index in [0.29, 0.717) is 30.6 Å². The van der Waals surface area contributed by atoms with E-state index in [2.05, 4.69) is 5.32 Å². The minimum Gasteiger partial charge on any atom is -0.408 e. The van der Waals surface area contributed by atoms with Crippen molar-refractivity contribution in [1.82, 2.24) is 9.88 Å². The fourth-order valence-corrected chi connectivity index (χ4v) is 3.50. The molecule has 0 fully saturated rings. The zero-order chi connectivity index (χ0) is 20.3. The van der Waals surface area contributed by atoms with Gasteiger partial charge < -0.3 is 9.73 Å². The van der Waals surface area contributed by atoms with Crippen LogP contribution in [-0.4, -0.2) is 37.6 Å². The average Bonchev–Trinajstić information content (AvgIpc) is 2.94. The number of rotatable bonds is 8.